The summed E-state index contributed by atoms with van der Waals surface area (Å²) >= 11 is 1.78. The molecule has 0 heterocycles. The van der Waals surface area contributed by atoms with E-state index in [2.05, 4.69) is 5.43 Å². The van der Waals surface area contributed by atoms with Crippen molar-refractivity contribution in [1.29, 1.82) is 0 Å². The van der Waals surface area contributed by atoms with E-state index in [-0.39, 0.29) is 5.91 Å². The van der Waals surface area contributed by atoms with Crippen molar-refractivity contribution in [1.82, 2.24) is 5.43 Å². The van der Waals surface area contributed by atoms with Crippen LogP contribution in [0.1, 0.15) is 15.9 Å². The van der Waals surface area contributed by atoms with E-state index in [1.165, 1.54) is 5.56 Å². The number of thioether (sulfide) groups is 1. The minimum absolute atomic E-state index is 0.267. The van der Waals surface area contributed by atoms with E-state index in [1.54, 1.807) is 23.9 Å². The lowest BCUT2D eigenvalue weighted by Gasteiger charge is -2.02. The Morgan fingerprint density at radius 3 is 2.53 bits per heavy atom. The number of benzene rings is 1. The van der Waals surface area contributed by atoms with Crippen LogP contribution in [0.3, 0.4) is 0 Å². The predicted octanol–water partition coefficient (Wildman–Crippen LogP) is 0.482. The summed E-state index contributed by atoms with van der Waals surface area (Å²) in [5.74, 6) is 6.62. The van der Waals surface area contributed by atoms with Gasteiger partial charge in [-0.15, -0.1) is 0 Å². The maximum atomic E-state index is 11.1. The molecule has 1 aromatic rings. The number of hydrogen-bond acceptors (Lipinski definition) is 4. The maximum absolute atomic E-state index is 11.1. The molecule has 1 aromatic carbocycles. The van der Waals surface area contributed by atoms with Crippen molar-refractivity contribution in [2.45, 2.75) is 5.75 Å². The first-order valence-electron chi connectivity index (χ1n) is 4.65. The molecule has 0 unspecified atom stereocenters. The molecule has 15 heavy (non-hydrogen) atoms. The van der Waals surface area contributed by atoms with Crippen LogP contribution in [0.4, 0.5) is 0 Å². The third-order valence-corrected chi connectivity index (χ3v) is 2.94. The van der Waals surface area contributed by atoms with Gasteiger partial charge in [0.1, 0.15) is 0 Å². The third-order valence-electron chi connectivity index (χ3n) is 1.88. The van der Waals surface area contributed by atoms with Crippen molar-refractivity contribution in [3.05, 3.63) is 35.4 Å². The standard InChI is InChI=1S/C10H15N3OS/c11-5-6-15-7-8-1-3-9(4-2-8)10(14)13-12/h1-4H,5-7,11-12H2,(H,13,14). The highest BCUT2D eigenvalue weighted by atomic mass is 32.2. The van der Waals surface area contributed by atoms with Crippen LogP contribution in [0.2, 0.25) is 0 Å². The van der Waals surface area contributed by atoms with Crippen molar-refractivity contribution in [3.63, 3.8) is 0 Å². The summed E-state index contributed by atoms with van der Waals surface area (Å²) in [4.78, 5) is 11.1. The van der Waals surface area contributed by atoms with E-state index >= 15 is 0 Å². The summed E-state index contributed by atoms with van der Waals surface area (Å²) in [6, 6.07) is 7.38. The minimum atomic E-state index is -0.267. The Balaban J connectivity index is 2.52. The lowest BCUT2D eigenvalue weighted by Crippen LogP contribution is -2.29. The van der Waals surface area contributed by atoms with Crippen molar-refractivity contribution >= 4 is 17.7 Å². The third kappa shape index (κ3) is 3.91. The SMILES string of the molecule is NCCSCc1ccc(C(=O)NN)cc1. The van der Waals surface area contributed by atoms with Crippen LogP contribution in [0.5, 0.6) is 0 Å². The summed E-state index contributed by atoms with van der Waals surface area (Å²) in [6.45, 7) is 0.693. The highest BCUT2D eigenvalue weighted by Gasteiger charge is 2.02. The second kappa shape index (κ2) is 6.44. The molecule has 1 amide bonds. The second-order valence-electron chi connectivity index (χ2n) is 3.01. The van der Waals surface area contributed by atoms with Crippen molar-refractivity contribution in [3.8, 4) is 0 Å². The summed E-state index contributed by atoms with van der Waals surface area (Å²) < 4.78 is 0. The van der Waals surface area contributed by atoms with E-state index in [0.717, 1.165) is 11.5 Å². The van der Waals surface area contributed by atoms with E-state index in [0.29, 0.717) is 12.1 Å². The summed E-state index contributed by atoms with van der Waals surface area (Å²) in [6.07, 6.45) is 0. The van der Waals surface area contributed by atoms with Gasteiger partial charge >= 0.3 is 0 Å². The molecule has 0 spiro atoms. The van der Waals surface area contributed by atoms with Gasteiger partial charge in [-0.2, -0.15) is 11.8 Å². The van der Waals surface area contributed by atoms with Crippen molar-refractivity contribution < 1.29 is 4.79 Å². The Bertz CT molecular complexity index is 313. The molecule has 0 aliphatic carbocycles. The molecule has 0 fully saturated rings. The smallest absolute Gasteiger partial charge is 0.265 e. The molecule has 5 heteroatoms. The molecule has 1 rings (SSSR count). The van der Waals surface area contributed by atoms with Gasteiger partial charge in [0.2, 0.25) is 0 Å². The Morgan fingerprint density at radius 2 is 2.00 bits per heavy atom. The molecule has 82 valence electrons. The van der Waals surface area contributed by atoms with Gasteiger partial charge in [0.05, 0.1) is 0 Å². The van der Waals surface area contributed by atoms with Gasteiger partial charge in [0, 0.05) is 23.6 Å². The number of nitrogen functional groups attached to an aromatic ring is 1. The first-order valence-corrected chi connectivity index (χ1v) is 5.81. The van der Waals surface area contributed by atoms with Crippen LogP contribution in [0, 0.1) is 0 Å². The zero-order valence-corrected chi connectivity index (χ0v) is 9.22. The van der Waals surface area contributed by atoms with Crippen LogP contribution in [0.25, 0.3) is 0 Å². The summed E-state index contributed by atoms with van der Waals surface area (Å²) in [7, 11) is 0. The average molecular weight is 225 g/mol. The Morgan fingerprint density at radius 1 is 1.33 bits per heavy atom. The number of hydrogen-bond donors (Lipinski definition) is 3. The monoisotopic (exact) mass is 225 g/mol. The van der Waals surface area contributed by atoms with Crippen molar-refractivity contribution in [2.75, 3.05) is 12.3 Å². The number of carbonyl (C=O) groups is 1. The largest absolute Gasteiger partial charge is 0.330 e. The molecule has 0 aromatic heterocycles. The number of amides is 1. The van der Waals surface area contributed by atoms with E-state index in [4.69, 9.17) is 11.6 Å². The summed E-state index contributed by atoms with van der Waals surface area (Å²) in [5, 5.41) is 0. The van der Waals surface area contributed by atoms with Gasteiger partial charge in [-0.1, -0.05) is 12.1 Å². The van der Waals surface area contributed by atoms with E-state index in [1.807, 2.05) is 12.1 Å². The van der Waals surface area contributed by atoms with Gasteiger partial charge in [0.15, 0.2) is 0 Å². The van der Waals surface area contributed by atoms with Gasteiger partial charge in [-0.05, 0) is 17.7 Å². The lowest BCUT2D eigenvalue weighted by molar-refractivity contribution is 0.0953. The molecular formula is C10H15N3OS. The summed E-state index contributed by atoms with van der Waals surface area (Å²) in [5.41, 5.74) is 9.24. The number of hydrazine groups is 1. The van der Waals surface area contributed by atoms with Crippen LogP contribution in [0.15, 0.2) is 24.3 Å². The first kappa shape index (κ1) is 12.0. The Hall–Kier alpha value is -1.04. The fourth-order valence-corrected chi connectivity index (χ4v) is 1.85. The topological polar surface area (TPSA) is 81.1 Å². The first-order chi connectivity index (χ1) is 7.27. The van der Waals surface area contributed by atoms with Gasteiger partial charge in [-0.3, -0.25) is 10.2 Å². The van der Waals surface area contributed by atoms with Crippen LogP contribution in [-0.2, 0) is 5.75 Å². The highest BCUT2D eigenvalue weighted by Crippen LogP contribution is 2.12. The van der Waals surface area contributed by atoms with E-state index in [9.17, 15) is 4.79 Å². The molecular weight excluding hydrogens is 210 g/mol. The second-order valence-corrected chi connectivity index (χ2v) is 4.12. The molecule has 0 atom stereocenters. The molecule has 0 radical (unpaired) electrons. The van der Waals surface area contributed by atoms with Crippen LogP contribution in [-0.4, -0.2) is 18.2 Å². The average Bonchev–Trinajstić information content (AvgIpc) is 2.29. The fraction of sp³-hybridized carbons (Fsp3) is 0.300. The zero-order valence-electron chi connectivity index (χ0n) is 8.40. The number of nitrogens with two attached hydrogens (primary N) is 2. The zero-order chi connectivity index (χ0) is 11.1. The molecule has 4 nitrogen and oxygen atoms in total. The fourth-order valence-electron chi connectivity index (χ4n) is 1.11. The van der Waals surface area contributed by atoms with Gasteiger partial charge in [0.25, 0.3) is 5.91 Å². The molecule has 0 saturated carbocycles. The van der Waals surface area contributed by atoms with Gasteiger partial charge in [-0.25, -0.2) is 5.84 Å². The molecule has 5 N–H and O–H groups in total. The highest BCUT2D eigenvalue weighted by molar-refractivity contribution is 7.98. The Kier molecular flexibility index (Phi) is 5.17. The number of nitrogens with one attached hydrogen (secondary N) is 1. The number of carbonyl (C=O) groups excluding carboxylic acids is 1. The molecule has 0 saturated heterocycles. The Labute approximate surface area is 93.4 Å². The minimum Gasteiger partial charge on any atom is -0.330 e. The van der Waals surface area contributed by atoms with Gasteiger partial charge < -0.3 is 5.73 Å². The quantitative estimate of drug-likeness (QED) is 0.295. The molecule has 0 bridgehead atoms. The normalized spacial score (nSPS) is 10.0. The molecule has 0 aliphatic rings. The number of rotatable bonds is 5. The lowest BCUT2D eigenvalue weighted by atomic mass is 10.1. The van der Waals surface area contributed by atoms with Crippen LogP contribution < -0.4 is 17.0 Å². The van der Waals surface area contributed by atoms with Crippen LogP contribution >= 0.6 is 11.8 Å². The predicted molar refractivity (Wildman–Crippen MR) is 63.3 cm³/mol. The van der Waals surface area contributed by atoms with Crippen molar-refractivity contribution in [2.24, 2.45) is 11.6 Å². The van der Waals surface area contributed by atoms with E-state index < -0.39 is 0 Å². The molecule has 0 aliphatic heterocycles. The maximum Gasteiger partial charge on any atom is 0.265 e.